The number of para-hydroxylation sites is 1. The van der Waals surface area contributed by atoms with Crippen LogP contribution in [0.15, 0.2) is 41.5 Å². The van der Waals surface area contributed by atoms with Crippen molar-refractivity contribution in [3.63, 3.8) is 0 Å². The summed E-state index contributed by atoms with van der Waals surface area (Å²) in [5.74, 6) is 0.809. The number of aromatic nitrogens is 2. The van der Waals surface area contributed by atoms with Gasteiger partial charge in [-0.2, -0.15) is 0 Å². The molecule has 1 aliphatic heterocycles. The highest BCUT2D eigenvalue weighted by Crippen LogP contribution is 2.29. The van der Waals surface area contributed by atoms with Gasteiger partial charge in [-0.25, -0.2) is 15.1 Å². The molecule has 1 aliphatic rings. The van der Waals surface area contributed by atoms with Gasteiger partial charge in [-0.05, 0) is 12.1 Å². The SMILES string of the molecule is Cl.Nc1nccc(-c2ccccc2N(F)CC2=NCCN2)n1. The molecule has 0 radical (unpaired) electrons. The van der Waals surface area contributed by atoms with Crippen molar-refractivity contribution in [3.05, 3.63) is 36.5 Å². The van der Waals surface area contributed by atoms with E-state index in [4.69, 9.17) is 5.73 Å². The first kappa shape index (κ1) is 16.0. The molecule has 1 aromatic carbocycles. The summed E-state index contributed by atoms with van der Waals surface area (Å²) in [7, 11) is 0. The Balaban J connectivity index is 0.00000176. The second-order valence-corrected chi connectivity index (χ2v) is 4.59. The number of aliphatic imine (C=N–C) groups is 1. The predicted octanol–water partition coefficient (Wildman–Crippen LogP) is 1.84. The molecule has 22 heavy (non-hydrogen) atoms. The van der Waals surface area contributed by atoms with Crippen LogP contribution in [0.3, 0.4) is 0 Å². The summed E-state index contributed by atoms with van der Waals surface area (Å²) < 4.78 is 14.5. The van der Waals surface area contributed by atoms with Gasteiger partial charge in [0.2, 0.25) is 5.95 Å². The predicted molar refractivity (Wildman–Crippen MR) is 87.9 cm³/mol. The summed E-state index contributed by atoms with van der Waals surface area (Å²) in [6, 6.07) is 8.81. The van der Waals surface area contributed by atoms with E-state index >= 15 is 0 Å². The highest BCUT2D eigenvalue weighted by Gasteiger charge is 2.16. The maximum atomic E-state index is 14.5. The quantitative estimate of drug-likeness (QED) is 0.840. The van der Waals surface area contributed by atoms with Gasteiger partial charge in [0.05, 0.1) is 17.9 Å². The molecule has 1 aromatic heterocycles. The van der Waals surface area contributed by atoms with Gasteiger partial charge in [-0.3, -0.25) is 4.99 Å². The Morgan fingerprint density at radius 1 is 1.27 bits per heavy atom. The minimum atomic E-state index is 0. The first-order chi connectivity index (χ1) is 10.2. The van der Waals surface area contributed by atoms with Gasteiger partial charge in [-0.15, -0.1) is 12.4 Å². The Hall–Kier alpha value is -2.41. The highest BCUT2D eigenvalue weighted by molar-refractivity contribution is 5.89. The van der Waals surface area contributed by atoms with Gasteiger partial charge in [0.1, 0.15) is 12.4 Å². The molecule has 0 saturated heterocycles. The molecule has 3 N–H and O–H groups in total. The first-order valence-electron chi connectivity index (χ1n) is 6.62. The minimum Gasteiger partial charge on any atom is -0.370 e. The molecule has 116 valence electrons. The van der Waals surface area contributed by atoms with Gasteiger partial charge in [0, 0.05) is 18.3 Å². The van der Waals surface area contributed by atoms with Crippen molar-refractivity contribution in [2.45, 2.75) is 0 Å². The van der Waals surface area contributed by atoms with Gasteiger partial charge in [-0.1, -0.05) is 22.7 Å². The molecule has 2 heterocycles. The fourth-order valence-electron chi connectivity index (χ4n) is 2.20. The lowest BCUT2D eigenvalue weighted by atomic mass is 10.1. The molecule has 2 aromatic rings. The number of rotatable bonds is 4. The van der Waals surface area contributed by atoms with Crippen molar-refractivity contribution in [1.82, 2.24) is 15.3 Å². The van der Waals surface area contributed by atoms with Crippen LogP contribution in [0.2, 0.25) is 0 Å². The van der Waals surface area contributed by atoms with E-state index in [-0.39, 0.29) is 24.9 Å². The molecule has 0 aliphatic carbocycles. The highest BCUT2D eigenvalue weighted by atomic mass is 35.5. The number of amidine groups is 1. The van der Waals surface area contributed by atoms with Gasteiger partial charge in [0.15, 0.2) is 0 Å². The number of nitrogens with zero attached hydrogens (tertiary/aromatic N) is 4. The standard InChI is InChI=1S/C14H15FN6.ClH/c15-21(9-13-17-7-8-18-13)12-4-2-1-3-10(12)11-5-6-19-14(16)20-11;/h1-6H,7-9H2,(H,17,18)(H2,16,19,20);1H. The fraction of sp³-hybridized carbons (Fsp3) is 0.214. The van der Waals surface area contributed by atoms with Crippen molar-refractivity contribution < 1.29 is 4.48 Å². The maximum absolute atomic E-state index is 14.5. The molecular weight excluding hydrogens is 307 g/mol. The van der Waals surface area contributed by atoms with Crippen LogP contribution in [0.5, 0.6) is 0 Å². The Morgan fingerprint density at radius 2 is 2.09 bits per heavy atom. The number of nitrogens with two attached hydrogens (primary N) is 1. The summed E-state index contributed by atoms with van der Waals surface area (Å²) in [6.07, 6.45) is 1.56. The zero-order valence-corrected chi connectivity index (χ0v) is 12.6. The van der Waals surface area contributed by atoms with Crippen LogP contribution in [0.25, 0.3) is 11.3 Å². The van der Waals surface area contributed by atoms with Crippen LogP contribution < -0.4 is 16.2 Å². The number of hydrogen-bond acceptors (Lipinski definition) is 6. The molecule has 0 bridgehead atoms. The van der Waals surface area contributed by atoms with E-state index in [0.717, 1.165) is 6.54 Å². The lowest BCUT2D eigenvalue weighted by Crippen LogP contribution is -2.30. The monoisotopic (exact) mass is 322 g/mol. The van der Waals surface area contributed by atoms with Crippen LogP contribution >= 0.6 is 12.4 Å². The van der Waals surface area contributed by atoms with Crippen LogP contribution in [0, 0.1) is 0 Å². The Bertz CT molecular complexity index is 678. The smallest absolute Gasteiger partial charge is 0.220 e. The molecule has 6 nitrogen and oxygen atoms in total. The van der Waals surface area contributed by atoms with E-state index in [1.165, 1.54) is 0 Å². The molecule has 0 saturated carbocycles. The number of benzene rings is 1. The lowest BCUT2D eigenvalue weighted by Gasteiger charge is -2.17. The van der Waals surface area contributed by atoms with Gasteiger partial charge >= 0.3 is 0 Å². The Labute approximate surface area is 133 Å². The Kier molecular flexibility index (Phi) is 5.11. The maximum Gasteiger partial charge on any atom is 0.220 e. The van der Waals surface area contributed by atoms with Gasteiger partial charge < -0.3 is 11.1 Å². The normalized spacial score (nSPS) is 13.0. The lowest BCUT2D eigenvalue weighted by molar-refractivity contribution is 0.460. The molecule has 3 rings (SSSR count). The molecule has 0 atom stereocenters. The zero-order valence-electron chi connectivity index (χ0n) is 11.7. The number of nitrogen functional groups attached to an aromatic ring is 1. The minimum absolute atomic E-state index is 0. The van der Waals surface area contributed by atoms with E-state index in [2.05, 4.69) is 20.3 Å². The van der Waals surface area contributed by atoms with Gasteiger partial charge in [0.25, 0.3) is 0 Å². The van der Waals surface area contributed by atoms with E-state index in [1.54, 1.807) is 30.5 Å². The summed E-state index contributed by atoms with van der Waals surface area (Å²) in [4.78, 5) is 12.2. The third-order valence-corrected chi connectivity index (χ3v) is 3.15. The van der Waals surface area contributed by atoms with Crippen molar-refractivity contribution in [2.24, 2.45) is 4.99 Å². The molecule has 0 unspecified atom stereocenters. The van der Waals surface area contributed by atoms with E-state index in [1.807, 2.05) is 6.07 Å². The molecule has 8 heteroatoms. The largest absolute Gasteiger partial charge is 0.370 e. The summed E-state index contributed by atoms with van der Waals surface area (Å²) >= 11 is 0. The van der Waals surface area contributed by atoms with Crippen molar-refractivity contribution in [1.29, 1.82) is 0 Å². The molecular formula is C14H16ClFN6. The van der Waals surface area contributed by atoms with Crippen LogP contribution in [-0.4, -0.2) is 35.4 Å². The average molecular weight is 323 g/mol. The number of nitrogens with one attached hydrogen (secondary N) is 1. The van der Waals surface area contributed by atoms with Crippen LogP contribution in [0.4, 0.5) is 16.1 Å². The molecule has 0 amide bonds. The van der Waals surface area contributed by atoms with E-state index < -0.39 is 0 Å². The van der Waals surface area contributed by atoms with Crippen molar-refractivity contribution >= 4 is 29.9 Å². The van der Waals surface area contributed by atoms with Crippen molar-refractivity contribution in [3.8, 4) is 11.3 Å². The van der Waals surface area contributed by atoms with E-state index in [9.17, 15) is 4.48 Å². The summed E-state index contributed by atoms with van der Waals surface area (Å²) in [6.45, 7) is 1.53. The van der Waals surface area contributed by atoms with Crippen LogP contribution in [-0.2, 0) is 0 Å². The average Bonchev–Trinajstić information content (AvgIpc) is 3.00. The topological polar surface area (TPSA) is 79.4 Å². The second kappa shape index (κ2) is 7.04. The number of halogens is 2. The Morgan fingerprint density at radius 3 is 2.82 bits per heavy atom. The van der Waals surface area contributed by atoms with Crippen molar-refractivity contribution in [2.75, 3.05) is 30.5 Å². The summed E-state index contributed by atoms with van der Waals surface area (Å²) in [5.41, 5.74) is 7.26. The molecule has 0 fully saturated rings. The number of anilines is 2. The summed E-state index contributed by atoms with van der Waals surface area (Å²) in [5, 5.41) is 3.71. The third-order valence-electron chi connectivity index (χ3n) is 3.15. The fourth-order valence-corrected chi connectivity index (χ4v) is 2.20. The zero-order chi connectivity index (χ0) is 14.7. The second-order valence-electron chi connectivity index (χ2n) is 4.59. The first-order valence-corrected chi connectivity index (χ1v) is 6.62. The van der Waals surface area contributed by atoms with Crippen LogP contribution in [0.1, 0.15) is 0 Å². The van der Waals surface area contributed by atoms with E-state index in [0.29, 0.717) is 34.4 Å². The third kappa shape index (κ3) is 3.43. The number of hydrogen-bond donors (Lipinski definition) is 2. The molecule has 0 spiro atoms.